The molecular formula is C30H34F3N7O6. The number of hydrogen-bond acceptors (Lipinski definition) is 9. The van der Waals surface area contributed by atoms with Crippen LogP contribution in [0.1, 0.15) is 54.1 Å². The normalized spacial score (nSPS) is 12.3. The number of carbonyl (C=O) groups is 3. The average molecular weight is 646 g/mol. The molecule has 1 aliphatic carbocycles. The van der Waals surface area contributed by atoms with Gasteiger partial charge in [-0.25, -0.2) is 14.6 Å². The largest absolute Gasteiger partial charge is 0.490 e. The van der Waals surface area contributed by atoms with Crippen molar-refractivity contribution in [3.05, 3.63) is 75.7 Å². The third-order valence-electron chi connectivity index (χ3n) is 6.49. The molecule has 16 heteroatoms. The number of nitrogens with one attached hydrogen (secondary N) is 3. The predicted molar refractivity (Wildman–Crippen MR) is 163 cm³/mol. The first-order chi connectivity index (χ1) is 21.7. The van der Waals surface area contributed by atoms with Gasteiger partial charge in [0.25, 0.3) is 5.56 Å². The molecule has 0 saturated heterocycles. The van der Waals surface area contributed by atoms with Crippen LogP contribution in [0, 0.1) is 5.41 Å². The van der Waals surface area contributed by atoms with E-state index in [9.17, 15) is 27.6 Å². The van der Waals surface area contributed by atoms with Crippen LogP contribution < -0.4 is 27.7 Å². The number of carboxylic acid groups (broad SMARTS) is 1. The van der Waals surface area contributed by atoms with E-state index in [1.807, 2.05) is 6.92 Å². The Balaban J connectivity index is 0.000000738. The summed E-state index contributed by atoms with van der Waals surface area (Å²) in [7, 11) is 0. The Morgan fingerprint density at radius 2 is 1.78 bits per heavy atom. The summed E-state index contributed by atoms with van der Waals surface area (Å²) in [6, 6.07) is 11.9. The number of anilines is 2. The van der Waals surface area contributed by atoms with Crippen LogP contribution in [0.2, 0.25) is 0 Å². The number of amides is 1. The minimum absolute atomic E-state index is 0.0373. The molecule has 1 aliphatic rings. The Kier molecular flexibility index (Phi) is 11.9. The van der Waals surface area contributed by atoms with Crippen molar-refractivity contribution in [1.29, 1.82) is 5.41 Å². The molecule has 1 fully saturated rings. The van der Waals surface area contributed by atoms with Gasteiger partial charge in [0.05, 0.1) is 24.1 Å². The van der Waals surface area contributed by atoms with E-state index >= 15 is 0 Å². The molecule has 0 bridgehead atoms. The Hall–Kier alpha value is -5.41. The number of aliphatic carboxylic acids is 1. The van der Waals surface area contributed by atoms with Crippen molar-refractivity contribution in [2.24, 2.45) is 5.73 Å². The number of carboxylic acids is 1. The predicted octanol–water partition coefficient (Wildman–Crippen LogP) is 3.26. The van der Waals surface area contributed by atoms with Crippen LogP contribution in [0.5, 0.6) is 0 Å². The van der Waals surface area contributed by atoms with E-state index < -0.39 is 23.7 Å². The van der Waals surface area contributed by atoms with Gasteiger partial charge in [-0.05, 0) is 43.0 Å². The smallest absolute Gasteiger partial charge is 0.475 e. The molecule has 4 rings (SSSR count). The van der Waals surface area contributed by atoms with Crippen molar-refractivity contribution in [2.75, 3.05) is 17.7 Å². The summed E-state index contributed by atoms with van der Waals surface area (Å²) in [6.45, 7) is 2.25. The summed E-state index contributed by atoms with van der Waals surface area (Å²) in [6.07, 6.45) is -0.0495. The van der Waals surface area contributed by atoms with Crippen LogP contribution in [-0.4, -0.2) is 57.2 Å². The number of benzene rings is 2. The Morgan fingerprint density at radius 1 is 1.13 bits per heavy atom. The van der Waals surface area contributed by atoms with Crippen LogP contribution in [0.25, 0.3) is 11.3 Å². The number of nitrogen functional groups attached to an aromatic ring is 2. The standard InChI is InChI=1S/C28H33N7O4.C2HF3O2/c1-2-3-10-39-28(38)20-11-19(12-21(29)13-20)23-15-33-26(34-22-8-9-22)27(37)35(23)16-24(36)32-14-17-4-6-18(7-5-17)25(30)31;3-2(4,5)1(6)7/h4-7,11-13,15,22H,2-3,8-10,14,16,29H2,1H3,(H3,30,31)(H,32,36)(H,33,34);(H,6,7). The number of esters is 1. The zero-order chi connectivity index (χ0) is 34.0. The summed E-state index contributed by atoms with van der Waals surface area (Å²) in [5.41, 5.74) is 13.9. The lowest BCUT2D eigenvalue weighted by Crippen LogP contribution is -2.34. The Bertz CT molecular complexity index is 1640. The fourth-order valence-electron chi connectivity index (χ4n) is 3.91. The summed E-state index contributed by atoms with van der Waals surface area (Å²) in [5.74, 6) is -3.53. The molecule has 3 aromatic rings. The van der Waals surface area contributed by atoms with Crippen LogP contribution >= 0.6 is 0 Å². The number of hydrogen-bond donors (Lipinski definition) is 6. The molecule has 0 unspecified atom stereocenters. The van der Waals surface area contributed by atoms with Gasteiger partial charge in [-0.3, -0.25) is 19.6 Å². The van der Waals surface area contributed by atoms with Gasteiger partial charge in [-0.15, -0.1) is 0 Å². The maximum absolute atomic E-state index is 13.4. The lowest BCUT2D eigenvalue weighted by atomic mass is 10.1. The fourth-order valence-corrected chi connectivity index (χ4v) is 3.91. The monoisotopic (exact) mass is 645 g/mol. The molecule has 246 valence electrons. The van der Waals surface area contributed by atoms with E-state index in [1.54, 1.807) is 36.4 Å². The molecule has 1 aromatic heterocycles. The highest BCUT2D eigenvalue weighted by Gasteiger charge is 2.38. The van der Waals surface area contributed by atoms with Gasteiger partial charge >= 0.3 is 18.1 Å². The first-order valence-electron chi connectivity index (χ1n) is 14.1. The van der Waals surface area contributed by atoms with Gasteiger partial charge in [0.15, 0.2) is 5.82 Å². The number of amidine groups is 1. The van der Waals surface area contributed by atoms with Crippen LogP contribution in [0.15, 0.2) is 53.5 Å². The van der Waals surface area contributed by atoms with E-state index in [-0.39, 0.29) is 42.3 Å². The number of halogens is 3. The van der Waals surface area contributed by atoms with Gasteiger partial charge in [0.2, 0.25) is 5.91 Å². The molecule has 13 nitrogen and oxygen atoms in total. The highest BCUT2D eigenvalue weighted by Crippen LogP contribution is 2.26. The first kappa shape index (κ1) is 35.1. The van der Waals surface area contributed by atoms with Crippen molar-refractivity contribution < 1.29 is 37.4 Å². The number of ether oxygens (including phenoxy) is 1. The number of unbranched alkanes of at least 4 members (excludes halogenated alkanes) is 1. The molecule has 46 heavy (non-hydrogen) atoms. The quantitative estimate of drug-likeness (QED) is 0.0556. The second-order valence-electron chi connectivity index (χ2n) is 10.3. The molecule has 1 saturated carbocycles. The summed E-state index contributed by atoms with van der Waals surface area (Å²) < 4.78 is 38.4. The van der Waals surface area contributed by atoms with Crippen molar-refractivity contribution >= 4 is 35.2 Å². The highest BCUT2D eigenvalue weighted by atomic mass is 19.4. The van der Waals surface area contributed by atoms with E-state index in [2.05, 4.69) is 15.6 Å². The maximum Gasteiger partial charge on any atom is 0.490 e. The molecule has 8 N–H and O–H groups in total. The van der Waals surface area contributed by atoms with E-state index in [1.165, 1.54) is 16.8 Å². The molecular weight excluding hydrogens is 611 g/mol. The summed E-state index contributed by atoms with van der Waals surface area (Å²) >= 11 is 0. The SMILES string of the molecule is CCCCOC(=O)c1cc(N)cc(-c2cnc(NC3CC3)c(=O)n2CC(=O)NCc2ccc(C(=N)N)cc2)c1.O=C(O)C(F)(F)F. The zero-order valence-corrected chi connectivity index (χ0v) is 24.8. The third-order valence-corrected chi connectivity index (χ3v) is 6.49. The zero-order valence-electron chi connectivity index (χ0n) is 24.8. The molecule has 2 aromatic carbocycles. The molecule has 0 atom stereocenters. The summed E-state index contributed by atoms with van der Waals surface area (Å²) in [5, 5.41) is 20.6. The van der Waals surface area contributed by atoms with E-state index in [0.717, 1.165) is 31.2 Å². The van der Waals surface area contributed by atoms with Gasteiger partial charge in [0.1, 0.15) is 12.4 Å². The second kappa shape index (κ2) is 15.5. The van der Waals surface area contributed by atoms with Gasteiger partial charge in [-0.1, -0.05) is 37.6 Å². The van der Waals surface area contributed by atoms with Crippen LogP contribution in [-0.2, 0) is 27.4 Å². The lowest BCUT2D eigenvalue weighted by molar-refractivity contribution is -0.192. The minimum Gasteiger partial charge on any atom is -0.475 e. The van der Waals surface area contributed by atoms with Gasteiger partial charge in [-0.2, -0.15) is 13.2 Å². The van der Waals surface area contributed by atoms with Gasteiger partial charge in [0, 0.05) is 29.4 Å². The number of nitrogens with two attached hydrogens (primary N) is 2. The van der Waals surface area contributed by atoms with E-state index in [4.69, 9.17) is 31.5 Å². The Morgan fingerprint density at radius 3 is 2.35 bits per heavy atom. The highest BCUT2D eigenvalue weighted by molar-refractivity contribution is 5.95. The number of rotatable bonds is 12. The summed E-state index contributed by atoms with van der Waals surface area (Å²) in [4.78, 5) is 52.2. The van der Waals surface area contributed by atoms with Crippen LogP contribution in [0.4, 0.5) is 24.7 Å². The number of nitrogens with zero attached hydrogens (tertiary/aromatic N) is 2. The fraction of sp³-hybridized carbons (Fsp3) is 0.333. The first-order valence-corrected chi connectivity index (χ1v) is 14.1. The van der Waals surface area contributed by atoms with Crippen molar-refractivity contribution in [3.8, 4) is 11.3 Å². The topological polar surface area (TPSA) is 216 Å². The van der Waals surface area contributed by atoms with Crippen LogP contribution in [0.3, 0.4) is 0 Å². The van der Waals surface area contributed by atoms with E-state index in [0.29, 0.717) is 29.1 Å². The molecule has 0 radical (unpaired) electrons. The third kappa shape index (κ3) is 10.3. The van der Waals surface area contributed by atoms with Crippen molar-refractivity contribution in [1.82, 2.24) is 14.9 Å². The lowest BCUT2D eigenvalue weighted by Gasteiger charge is -2.16. The number of carbonyl (C=O) groups excluding carboxylic acids is 2. The molecule has 0 spiro atoms. The van der Waals surface area contributed by atoms with Gasteiger partial charge < -0.3 is 31.9 Å². The number of aromatic nitrogens is 2. The Labute approximate surface area is 261 Å². The maximum atomic E-state index is 13.4. The second-order valence-corrected chi connectivity index (χ2v) is 10.3. The minimum atomic E-state index is -5.08. The number of alkyl halides is 3. The van der Waals surface area contributed by atoms with Crippen molar-refractivity contribution in [3.63, 3.8) is 0 Å². The molecule has 1 heterocycles. The average Bonchev–Trinajstić information content (AvgIpc) is 3.82. The van der Waals surface area contributed by atoms with Crippen molar-refractivity contribution in [2.45, 2.75) is 57.9 Å². The molecule has 1 amide bonds. The molecule has 0 aliphatic heterocycles.